The van der Waals surface area contributed by atoms with Crippen molar-refractivity contribution in [1.82, 2.24) is 5.32 Å². The highest BCUT2D eigenvalue weighted by Gasteiger charge is 2.35. The van der Waals surface area contributed by atoms with E-state index in [0.717, 1.165) is 25.1 Å². The molecule has 1 fully saturated rings. The SMILES string of the molecule is N#CC1(c2ccc(F)c(F)c2)CCCN1. The van der Waals surface area contributed by atoms with Crippen LogP contribution >= 0.6 is 0 Å². The molecule has 1 unspecified atom stereocenters. The molecular weight excluding hydrogens is 198 g/mol. The molecule has 2 rings (SSSR count). The second kappa shape index (κ2) is 3.59. The molecule has 2 nitrogen and oxygen atoms in total. The van der Waals surface area contributed by atoms with E-state index in [-0.39, 0.29) is 0 Å². The topological polar surface area (TPSA) is 35.8 Å². The number of benzene rings is 1. The van der Waals surface area contributed by atoms with Crippen molar-refractivity contribution in [3.63, 3.8) is 0 Å². The minimum atomic E-state index is -0.907. The summed E-state index contributed by atoms with van der Waals surface area (Å²) < 4.78 is 25.8. The second-order valence-electron chi connectivity index (χ2n) is 3.68. The van der Waals surface area contributed by atoms with Crippen LogP contribution in [0, 0.1) is 23.0 Å². The average Bonchev–Trinajstić information content (AvgIpc) is 2.72. The van der Waals surface area contributed by atoms with E-state index < -0.39 is 17.2 Å². The van der Waals surface area contributed by atoms with Crippen molar-refractivity contribution in [2.24, 2.45) is 0 Å². The van der Waals surface area contributed by atoms with Crippen molar-refractivity contribution < 1.29 is 8.78 Å². The molecule has 1 N–H and O–H groups in total. The first kappa shape index (κ1) is 10.1. The molecule has 0 aromatic heterocycles. The summed E-state index contributed by atoms with van der Waals surface area (Å²) in [5.41, 5.74) is -0.337. The molecule has 0 radical (unpaired) electrons. The third-order valence-corrected chi connectivity index (χ3v) is 2.76. The van der Waals surface area contributed by atoms with Crippen LogP contribution in [0.1, 0.15) is 18.4 Å². The lowest BCUT2D eigenvalue weighted by molar-refractivity contribution is 0.481. The minimum absolute atomic E-state index is 0.501. The molecule has 1 heterocycles. The molecular formula is C11H10F2N2. The summed E-state index contributed by atoms with van der Waals surface area (Å²) in [6.45, 7) is 0.729. The highest BCUT2D eigenvalue weighted by Crippen LogP contribution is 2.30. The zero-order chi connectivity index (χ0) is 10.9. The fourth-order valence-corrected chi connectivity index (χ4v) is 1.91. The molecule has 0 aliphatic carbocycles. The first-order valence-corrected chi connectivity index (χ1v) is 4.80. The number of nitrogens with one attached hydrogen (secondary N) is 1. The van der Waals surface area contributed by atoms with Crippen molar-refractivity contribution in [2.75, 3.05) is 6.54 Å². The summed E-state index contributed by atoms with van der Waals surface area (Å²) in [5.74, 6) is -1.79. The van der Waals surface area contributed by atoms with Gasteiger partial charge >= 0.3 is 0 Å². The molecule has 15 heavy (non-hydrogen) atoms. The van der Waals surface area contributed by atoms with Crippen LogP contribution in [0.5, 0.6) is 0 Å². The maximum absolute atomic E-state index is 13.0. The molecule has 0 saturated carbocycles. The maximum atomic E-state index is 13.0. The van der Waals surface area contributed by atoms with Gasteiger partial charge in [0.25, 0.3) is 0 Å². The van der Waals surface area contributed by atoms with Crippen LogP contribution in [0.15, 0.2) is 18.2 Å². The molecule has 78 valence electrons. The third-order valence-electron chi connectivity index (χ3n) is 2.76. The van der Waals surface area contributed by atoms with E-state index >= 15 is 0 Å². The van der Waals surface area contributed by atoms with Gasteiger partial charge in [-0.05, 0) is 37.1 Å². The number of hydrogen-bond acceptors (Lipinski definition) is 2. The molecule has 0 spiro atoms. The Kier molecular flexibility index (Phi) is 2.41. The Morgan fingerprint density at radius 2 is 2.13 bits per heavy atom. The van der Waals surface area contributed by atoms with E-state index in [1.807, 2.05) is 0 Å². The Hall–Kier alpha value is -1.47. The van der Waals surface area contributed by atoms with E-state index in [1.54, 1.807) is 0 Å². The summed E-state index contributed by atoms with van der Waals surface area (Å²) in [6.07, 6.45) is 1.50. The standard InChI is InChI=1S/C11H10F2N2/c12-9-3-2-8(6-10(9)13)11(7-14)4-1-5-15-11/h2-3,6,15H,1,4-5H2. The van der Waals surface area contributed by atoms with Gasteiger partial charge in [0.1, 0.15) is 5.54 Å². The molecule has 0 bridgehead atoms. The molecule has 1 aliphatic rings. The van der Waals surface area contributed by atoms with Gasteiger partial charge in [0.05, 0.1) is 6.07 Å². The van der Waals surface area contributed by atoms with Crippen LogP contribution in [0.25, 0.3) is 0 Å². The van der Waals surface area contributed by atoms with Crippen molar-refractivity contribution in [3.8, 4) is 6.07 Å². The van der Waals surface area contributed by atoms with Crippen LogP contribution in [0.4, 0.5) is 8.78 Å². The summed E-state index contributed by atoms with van der Waals surface area (Å²) in [5, 5.41) is 12.1. The van der Waals surface area contributed by atoms with Crippen molar-refractivity contribution in [1.29, 1.82) is 5.26 Å². The Morgan fingerprint density at radius 3 is 2.67 bits per heavy atom. The zero-order valence-electron chi connectivity index (χ0n) is 8.06. The molecule has 1 aromatic rings. The molecule has 1 saturated heterocycles. The summed E-state index contributed by atoms with van der Waals surface area (Å²) in [7, 11) is 0. The van der Waals surface area contributed by atoms with Gasteiger partial charge in [0.15, 0.2) is 11.6 Å². The highest BCUT2D eigenvalue weighted by molar-refractivity contribution is 5.33. The van der Waals surface area contributed by atoms with Gasteiger partial charge in [-0.25, -0.2) is 8.78 Å². The van der Waals surface area contributed by atoms with Gasteiger partial charge in [0, 0.05) is 0 Å². The Morgan fingerprint density at radius 1 is 1.33 bits per heavy atom. The number of hydrogen-bond donors (Lipinski definition) is 1. The Bertz CT molecular complexity index is 417. The van der Waals surface area contributed by atoms with Gasteiger partial charge in [0.2, 0.25) is 0 Å². The van der Waals surface area contributed by atoms with E-state index in [0.29, 0.717) is 12.0 Å². The van der Waals surface area contributed by atoms with Crippen molar-refractivity contribution in [2.45, 2.75) is 18.4 Å². The molecule has 0 amide bonds. The number of nitriles is 1. The van der Waals surface area contributed by atoms with E-state index in [2.05, 4.69) is 11.4 Å². The van der Waals surface area contributed by atoms with Crippen LogP contribution in [0.3, 0.4) is 0 Å². The lowest BCUT2D eigenvalue weighted by Gasteiger charge is -2.21. The molecule has 1 aliphatic heterocycles. The molecule has 1 aromatic carbocycles. The van der Waals surface area contributed by atoms with Crippen LogP contribution in [-0.4, -0.2) is 6.54 Å². The number of halogens is 2. The van der Waals surface area contributed by atoms with E-state index in [4.69, 9.17) is 5.26 Å². The summed E-state index contributed by atoms with van der Waals surface area (Å²) in [4.78, 5) is 0. The third kappa shape index (κ3) is 1.59. The van der Waals surface area contributed by atoms with Gasteiger partial charge in [-0.1, -0.05) is 6.07 Å². The largest absolute Gasteiger partial charge is 0.296 e. The average molecular weight is 208 g/mol. The fourth-order valence-electron chi connectivity index (χ4n) is 1.91. The van der Waals surface area contributed by atoms with Gasteiger partial charge in [-0.15, -0.1) is 0 Å². The first-order valence-electron chi connectivity index (χ1n) is 4.80. The summed E-state index contributed by atoms with van der Waals surface area (Å²) >= 11 is 0. The highest BCUT2D eigenvalue weighted by atomic mass is 19.2. The van der Waals surface area contributed by atoms with Crippen molar-refractivity contribution in [3.05, 3.63) is 35.4 Å². The second-order valence-corrected chi connectivity index (χ2v) is 3.68. The van der Waals surface area contributed by atoms with Gasteiger partial charge < -0.3 is 0 Å². The van der Waals surface area contributed by atoms with E-state index in [1.165, 1.54) is 6.07 Å². The van der Waals surface area contributed by atoms with Crippen LogP contribution in [0.2, 0.25) is 0 Å². The number of nitrogens with zero attached hydrogens (tertiary/aromatic N) is 1. The number of rotatable bonds is 1. The smallest absolute Gasteiger partial charge is 0.159 e. The predicted octanol–water partition coefficient (Wildman–Crippen LogP) is 2.07. The normalized spacial score (nSPS) is 25.1. The van der Waals surface area contributed by atoms with Crippen molar-refractivity contribution >= 4 is 0 Å². The lowest BCUT2D eigenvalue weighted by atomic mass is 9.90. The maximum Gasteiger partial charge on any atom is 0.159 e. The van der Waals surface area contributed by atoms with Gasteiger partial charge in [-0.2, -0.15) is 5.26 Å². The van der Waals surface area contributed by atoms with E-state index in [9.17, 15) is 8.78 Å². The molecule has 4 heteroatoms. The Balaban J connectivity index is 2.44. The molecule has 1 atom stereocenters. The summed E-state index contributed by atoms with van der Waals surface area (Å²) in [6, 6.07) is 5.75. The van der Waals surface area contributed by atoms with Crippen LogP contribution < -0.4 is 5.32 Å². The predicted molar refractivity (Wildman–Crippen MR) is 50.9 cm³/mol. The quantitative estimate of drug-likeness (QED) is 0.766. The fraction of sp³-hybridized carbons (Fsp3) is 0.364. The van der Waals surface area contributed by atoms with Crippen LogP contribution in [-0.2, 0) is 5.54 Å². The monoisotopic (exact) mass is 208 g/mol. The lowest BCUT2D eigenvalue weighted by Crippen LogP contribution is -2.35. The first-order chi connectivity index (χ1) is 7.18. The zero-order valence-corrected chi connectivity index (χ0v) is 8.06. The minimum Gasteiger partial charge on any atom is -0.296 e. The Labute approximate surface area is 86.5 Å². The van der Waals surface area contributed by atoms with Gasteiger partial charge in [-0.3, -0.25) is 5.32 Å².